The first-order chi connectivity index (χ1) is 15.5. The molecule has 1 aliphatic heterocycles. The number of benzene rings is 2. The molecular weight excluding hydrogens is 422 g/mol. The van der Waals surface area contributed by atoms with Gasteiger partial charge in [0.1, 0.15) is 0 Å². The number of rotatable bonds is 6. The number of carbonyl (C=O) groups excluding carboxylic acids is 2. The molecule has 1 fully saturated rings. The third kappa shape index (κ3) is 4.46. The number of nitrogens with one attached hydrogen (secondary N) is 2. The summed E-state index contributed by atoms with van der Waals surface area (Å²) in [6.07, 6.45) is -2.28. The van der Waals surface area contributed by atoms with E-state index in [0.29, 0.717) is 29.6 Å². The van der Waals surface area contributed by atoms with Gasteiger partial charge in [-0.3, -0.25) is 14.8 Å². The maximum Gasteiger partial charge on any atom is 0.295 e. The molecule has 1 aromatic heterocycles. The molecule has 3 aromatic rings. The van der Waals surface area contributed by atoms with Crippen molar-refractivity contribution in [3.8, 4) is 0 Å². The van der Waals surface area contributed by atoms with Gasteiger partial charge >= 0.3 is 0 Å². The number of hydroxylamine groups is 1. The molecule has 2 heterocycles. The van der Waals surface area contributed by atoms with Crippen molar-refractivity contribution in [1.29, 1.82) is 0 Å². The lowest BCUT2D eigenvalue weighted by molar-refractivity contribution is -0.138. The van der Waals surface area contributed by atoms with Crippen molar-refractivity contribution in [3.05, 3.63) is 65.5 Å². The van der Waals surface area contributed by atoms with Gasteiger partial charge in [0.05, 0.1) is 23.6 Å². The molecule has 3 N–H and O–H groups in total. The SMILES string of the molecule is O=C(N[C@H]1CCOC[C@@H]1C(=O)NO)c1ccc(Cn2c(C(F)F)nc3ccccc32)cc1. The number of carbonyl (C=O) groups is 2. The number of ether oxygens (including phenoxy) is 1. The van der Waals surface area contributed by atoms with Gasteiger partial charge < -0.3 is 14.6 Å². The second kappa shape index (κ2) is 9.41. The van der Waals surface area contributed by atoms with Gasteiger partial charge in [0.15, 0.2) is 5.82 Å². The zero-order valence-corrected chi connectivity index (χ0v) is 17.0. The molecule has 0 radical (unpaired) electrons. The zero-order valence-electron chi connectivity index (χ0n) is 17.0. The van der Waals surface area contributed by atoms with Crippen LogP contribution in [0.4, 0.5) is 8.78 Å². The fourth-order valence-corrected chi connectivity index (χ4v) is 3.87. The highest BCUT2D eigenvalue weighted by atomic mass is 19.3. The fourth-order valence-electron chi connectivity index (χ4n) is 3.87. The predicted octanol–water partition coefficient (Wildman–Crippen LogP) is 2.66. The van der Waals surface area contributed by atoms with Crippen molar-refractivity contribution in [1.82, 2.24) is 20.3 Å². The molecule has 1 aliphatic rings. The van der Waals surface area contributed by atoms with Crippen LogP contribution in [0.3, 0.4) is 0 Å². The van der Waals surface area contributed by atoms with Crippen LogP contribution in [0.2, 0.25) is 0 Å². The molecule has 0 unspecified atom stereocenters. The largest absolute Gasteiger partial charge is 0.380 e. The Kier molecular flexibility index (Phi) is 6.42. The van der Waals surface area contributed by atoms with Crippen LogP contribution in [0.25, 0.3) is 11.0 Å². The highest BCUT2D eigenvalue weighted by Gasteiger charge is 2.33. The number of nitrogens with zero attached hydrogens (tertiary/aromatic N) is 2. The Hall–Kier alpha value is -3.37. The average molecular weight is 444 g/mol. The van der Waals surface area contributed by atoms with Crippen LogP contribution < -0.4 is 10.8 Å². The molecule has 0 spiro atoms. The van der Waals surface area contributed by atoms with Gasteiger partial charge in [-0.25, -0.2) is 19.2 Å². The van der Waals surface area contributed by atoms with Gasteiger partial charge in [0, 0.05) is 24.8 Å². The van der Waals surface area contributed by atoms with Crippen LogP contribution in [-0.2, 0) is 16.1 Å². The van der Waals surface area contributed by atoms with E-state index in [0.717, 1.165) is 5.56 Å². The van der Waals surface area contributed by atoms with Crippen molar-refractivity contribution < 1.29 is 28.3 Å². The number of fused-ring (bicyclic) bond motifs is 1. The Bertz CT molecular complexity index is 1120. The zero-order chi connectivity index (χ0) is 22.7. The monoisotopic (exact) mass is 444 g/mol. The Morgan fingerprint density at radius 3 is 2.66 bits per heavy atom. The van der Waals surface area contributed by atoms with Crippen molar-refractivity contribution in [2.45, 2.75) is 25.4 Å². The van der Waals surface area contributed by atoms with Crippen LogP contribution in [0.1, 0.15) is 34.6 Å². The van der Waals surface area contributed by atoms with Gasteiger partial charge in [-0.05, 0) is 36.2 Å². The lowest BCUT2D eigenvalue weighted by atomic mass is 9.94. The molecule has 0 aliphatic carbocycles. The highest BCUT2D eigenvalue weighted by Crippen LogP contribution is 2.25. The van der Waals surface area contributed by atoms with Crippen molar-refractivity contribution in [2.24, 2.45) is 5.92 Å². The molecule has 0 bridgehead atoms. The fraction of sp³-hybridized carbons (Fsp3) is 0.318. The van der Waals surface area contributed by atoms with Crippen LogP contribution in [-0.4, -0.2) is 45.8 Å². The summed E-state index contributed by atoms with van der Waals surface area (Å²) in [5.41, 5.74) is 3.81. The number of imidazole rings is 1. The average Bonchev–Trinajstić information content (AvgIpc) is 3.18. The van der Waals surface area contributed by atoms with E-state index < -0.39 is 24.3 Å². The summed E-state index contributed by atoms with van der Waals surface area (Å²) in [5, 5.41) is 11.7. The molecular formula is C22H22F2N4O4. The first kappa shape index (κ1) is 21.8. The molecule has 1 saturated heterocycles. The highest BCUT2D eigenvalue weighted by molar-refractivity contribution is 5.95. The summed E-state index contributed by atoms with van der Waals surface area (Å²) in [6, 6.07) is 13.1. The normalized spacial score (nSPS) is 18.6. The maximum atomic E-state index is 13.5. The van der Waals surface area contributed by atoms with Crippen molar-refractivity contribution in [2.75, 3.05) is 13.2 Å². The van der Waals surface area contributed by atoms with Crippen molar-refractivity contribution >= 4 is 22.8 Å². The Morgan fingerprint density at radius 2 is 1.94 bits per heavy atom. The standard InChI is InChI=1S/C22H22F2N4O4/c23-19(24)20-25-17-3-1-2-4-18(17)28(20)11-13-5-7-14(8-6-13)21(29)26-16-9-10-32-12-15(16)22(30)27-31/h1-8,15-16,19,31H,9-12H2,(H,26,29)(H,27,30)/t15-,16-/m0/s1. The van der Waals surface area contributed by atoms with E-state index >= 15 is 0 Å². The minimum Gasteiger partial charge on any atom is -0.380 e. The Balaban J connectivity index is 1.49. The molecule has 10 heteroatoms. The molecule has 2 atom stereocenters. The number of alkyl halides is 2. The predicted molar refractivity (Wildman–Crippen MR) is 110 cm³/mol. The number of hydrogen-bond acceptors (Lipinski definition) is 5. The van der Waals surface area contributed by atoms with Gasteiger partial charge in [-0.2, -0.15) is 0 Å². The van der Waals surface area contributed by atoms with Crippen LogP contribution in [0, 0.1) is 5.92 Å². The van der Waals surface area contributed by atoms with E-state index in [9.17, 15) is 18.4 Å². The first-order valence-electron chi connectivity index (χ1n) is 10.1. The van der Waals surface area contributed by atoms with E-state index in [4.69, 9.17) is 9.94 Å². The Labute approximate surface area is 182 Å². The Morgan fingerprint density at radius 1 is 1.19 bits per heavy atom. The van der Waals surface area contributed by atoms with Crippen molar-refractivity contribution in [3.63, 3.8) is 0 Å². The van der Waals surface area contributed by atoms with Gasteiger partial charge in [-0.1, -0.05) is 24.3 Å². The molecule has 8 nitrogen and oxygen atoms in total. The molecule has 2 aromatic carbocycles. The van der Waals surface area contributed by atoms with E-state index in [2.05, 4.69) is 10.3 Å². The molecule has 2 amide bonds. The van der Waals surface area contributed by atoms with Crippen LogP contribution in [0.15, 0.2) is 48.5 Å². The quantitative estimate of drug-likeness (QED) is 0.401. The molecule has 32 heavy (non-hydrogen) atoms. The summed E-state index contributed by atoms with van der Waals surface area (Å²) in [4.78, 5) is 28.5. The summed E-state index contributed by atoms with van der Waals surface area (Å²) >= 11 is 0. The lowest BCUT2D eigenvalue weighted by Crippen LogP contribution is -2.51. The molecule has 4 rings (SSSR count). The van der Waals surface area contributed by atoms with E-state index in [1.807, 2.05) is 0 Å². The molecule has 0 saturated carbocycles. The third-order valence-electron chi connectivity index (χ3n) is 5.56. The minimum atomic E-state index is -2.71. The summed E-state index contributed by atoms with van der Waals surface area (Å²) < 4.78 is 33.7. The van der Waals surface area contributed by atoms with Gasteiger partial charge in [0.2, 0.25) is 0 Å². The van der Waals surface area contributed by atoms with E-state index in [1.54, 1.807) is 54.0 Å². The third-order valence-corrected chi connectivity index (χ3v) is 5.56. The maximum absolute atomic E-state index is 13.5. The van der Waals surface area contributed by atoms with Gasteiger partial charge in [0.25, 0.3) is 18.2 Å². The summed E-state index contributed by atoms with van der Waals surface area (Å²) in [6.45, 7) is 0.673. The summed E-state index contributed by atoms with van der Waals surface area (Å²) in [7, 11) is 0. The topological polar surface area (TPSA) is 105 Å². The van der Waals surface area contributed by atoms with E-state index in [1.165, 1.54) is 4.57 Å². The number of aromatic nitrogens is 2. The summed E-state index contributed by atoms with van der Waals surface area (Å²) in [5.74, 6) is -1.99. The minimum absolute atomic E-state index is 0.0988. The van der Waals surface area contributed by atoms with Crippen LogP contribution in [0.5, 0.6) is 0 Å². The number of para-hydroxylation sites is 2. The van der Waals surface area contributed by atoms with Gasteiger partial charge in [-0.15, -0.1) is 0 Å². The lowest BCUT2D eigenvalue weighted by Gasteiger charge is -2.30. The van der Waals surface area contributed by atoms with E-state index in [-0.39, 0.29) is 24.9 Å². The number of halogens is 2. The second-order valence-electron chi connectivity index (χ2n) is 7.57. The second-order valence-corrected chi connectivity index (χ2v) is 7.57. The molecule has 168 valence electrons. The number of hydrogen-bond donors (Lipinski definition) is 3. The smallest absolute Gasteiger partial charge is 0.295 e. The first-order valence-corrected chi connectivity index (χ1v) is 10.1. The number of amides is 2. The van der Waals surface area contributed by atoms with Crippen LogP contribution >= 0.6 is 0 Å².